The lowest BCUT2D eigenvalue weighted by Crippen LogP contribution is -2.42. The van der Waals surface area contributed by atoms with Gasteiger partial charge in [-0.1, -0.05) is 36.7 Å². The molecule has 2 aromatic carbocycles. The van der Waals surface area contributed by atoms with Crippen LogP contribution in [0, 0.1) is 11.7 Å². The summed E-state index contributed by atoms with van der Waals surface area (Å²) in [5.41, 5.74) is -3.73. The largest absolute Gasteiger partial charge is 0.511 e. The van der Waals surface area contributed by atoms with Crippen molar-refractivity contribution in [1.82, 2.24) is 4.72 Å². The van der Waals surface area contributed by atoms with Crippen molar-refractivity contribution in [1.29, 1.82) is 0 Å². The Morgan fingerprint density at radius 2 is 1.64 bits per heavy atom. The molecule has 12 heteroatoms. The minimum absolute atomic E-state index is 0.108. The molecule has 36 heavy (non-hydrogen) atoms. The summed E-state index contributed by atoms with van der Waals surface area (Å²) < 4.78 is 84.1. The molecular weight excluding hydrogens is 526 g/mol. The van der Waals surface area contributed by atoms with Crippen LogP contribution in [0.5, 0.6) is 5.75 Å². The van der Waals surface area contributed by atoms with Gasteiger partial charge in [0.15, 0.2) is 11.6 Å². The highest BCUT2D eigenvalue weighted by atomic mass is 35.5. The quantitative estimate of drug-likeness (QED) is 0.463. The Bertz CT molecular complexity index is 1130. The van der Waals surface area contributed by atoms with Gasteiger partial charge in [-0.05, 0) is 55.0 Å². The zero-order chi connectivity index (χ0) is 27.3. The van der Waals surface area contributed by atoms with Crippen LogP contribution in [-0.4, -0.2) is 51.0 Å². The molecule has 1 saturated carbocycles. The number of aliphatic hydroxyl groups is 2. The molecule has 0 amide bonds. The van der Waals surface area contributed by atoms with Gasteiger partial charge in [-0.25, -0.2) is 17.5 Å². The van der Waals surface area contributed by atoms with Gasteiger partial charge in [0.05, 0.1) is 6.61 Å². The Balaban J connectivity index is 0.00000109. The molecule has 0 aromatic heterocycles. The third-order valence-electron chi connectivity index (χ3n) is 6.67. The molecule has 3 N–H and O–H groups in total. The van der Waals surface area contributed by atoms with Gasteiger partial charge in [-0.3, -0.25) is 0 Å². The zero-order valence-corrected chi connectivity index (χ0v) is 21.6. The van der Waals surface area contributed by atoms with Crippen LogP contribution >= 0.6 is 11.6 Å². The van der Waals surface area contributed by atoms with Crippen LogP contribution < -0.4 is 9.46 Å². The molecule has 2 aliphatic rings. The Kier molecular flexibility index (Phi) is 10.2. The molecule has 4 rings (SSSR count). The minimum atomic E-state index is -5.44. The molecule has 0 bridgehead atoms. The molecule has 1 aliphatic heterocycles. The number of aliphatic hydroxyl groups excluding tert-OH is 2. The Morgan fingerprint density at radius 3 is 2.22 bits per heavy atom. The van der Waals surface area contributed by atoms with Gasteiger partial charge in [0.1, 0.15) is 0 Å². The van der Waals surface area contributed by atoms with E-state index in [0.29, 0.717) is 23.4 Å². The summed E-state index contributed by atoms with van der Waals surface area (Å²) in [6.07, 6.45) is 1.25. The first-order valence-electron chi connectivity index (χ1n) is 11.1. The maximum Gasteiger partial charge on any atom is 0.511 e. The number of halogens is 5. The number of rotatable bonds is 3. The smallest absolute Gasteiger partial charge is 0.490 e. The average Bonchev–Trinajstić information content (AvgIpc) is 3.01. The van der Waals surface area contributed by atoms with Crippen LogP contribution in [0.15, 0.2) is 36.4 Å². The van der Waals surface area contributed by atoms with Crippen LogP contribution in [0.25, 0.3) is 11.1 Å². The van der Waals surface area contributed by atoms with E-state index in [1.165, 1.54) is 6.07 Å². The second kappa shape index (κ2) is 12.1. The maximum atomic E-state index is 14.7. The molecule has 1 unspecified atom stereocenters. The number of ether oxygens (including phenoxy) is 1. The lowest BCUT2D eigenvalue weighted by Gasteiger charge is -2.43. The molecule has 2 aromatic rings. The normalized spacial score (nSPS) is 23.4. The fourth-order valence-electron chi connectivity index (χ4n) is 4.86. The molecular formula is C24H30ClF4NO5S. The topological polar surface area (TPSA) is 95.9 Å². The molecule has 202 valence electrons. The number of hydrogen-bond donors (Lipinski definition) is 3. The first kappa shape index (κ1) is 30.3. The van der Waals surface area contributed by atoms with Crippen molar-refractivity contribution < 1.29 is 40.9 Å². The van der Waals surface area contributed by atoms with Crippen LogP contribution in [0.1, 0.15) is 38.2 Å². The van der Waals surface area contributed by atoms with Crippen molar-refractivity contribution in [2.24, 2.45) is 5.92 Å². The molecule has 1 heterocycles. The predicted molar refractivity (Wildman–Crippen MR) is 130 cm³/mol. The van der Waals surface area contributed by atoms with E-state index in [0.717, 1.165) is 25.3 Å². The van der Waals surface area contributed by atoms with Gasteiger partial charge in [-0.2, -0.15) is 13.2 Å². The van der Waals surface area contributed by atoms with Crippen LogP contribution in [0.4, 0.5) is 17.6 Å². The third kappa shape index (κ3) is 6.13. The first-order chi connectivity index (χ1) is 16.9. The lowest BCUT2D eigenvalue weighted by molar-refractivity contribution is -0.0451. The van der Waals surface area contributed by atoms with E-state index in [1.807, 2.05) is 23.8 Å². The fourth-order valence-corrected chi connectivity index (χ4v) is 5.80. The lowest BCUT2D eigenvalue weighted by atomic mass is 9.65. The van der Waals surface area contributed by atoms with Crippen molar-refractivity contribution >= 4 is 21.6 Å². The van der Waals surface area contributed by atoms with E-state index < -0.39 is 32.8 Å². The number of alkyl halides is 3. The van der Waals surface area contributed by atoms with E-state index in [1.54, 1.807) is 18.2 Å². The van der Waals surface area contributed by atoms with E-state index >= 15 is 0 Å². The highest BCUT2D eigenvalue weighted by molar-refractivity contribution is 7.90. The van der Waals surface area contributed by atoms with Gasteiger partial charge in [0.2, 0.25) is 0 Å². The molecule has 1 fully saturated rings. The van der Waals surface area contributed by atoms with Crippen molar-refractivity contribution in [3.05, 3.63) is 52.8 Å². The second-order valence-electron chi connectivity index (χ2n) is 8.61. The summed E-state index contributed by atoms with van der Waals surface area (Å²) >= 11 is 6.01. The standard InChI is InChI=1S/C22H22ClF4NO3S.2CH4O/c1-21-11-10-16(28-32(29,30)22(25,26)27)7-4-14(21)12-31-20-18(24)9-8-17(19(20)21)13-2-5-15(23)6-3-13;2*1-2/h2-3,5-6,8-9,14,16,28H,4,7,10-12H2,1H3;2*2H,1H3/t14?,16-,21+;;/m1../s1. The first-order valence-corrected chi connectivity index (χ1v) is 13.0. The summed E-state index contributed by atoms with van der Waals surface area (Å²) in [6.45, 7) is 2.17. The van der Waals surface area contributed by atoms with Gasteiger partial charge in [0.25, 0.3) is 0 Å². The number of nitrogens with one attached hydrogen (secondary N) is 1. The number of benzene rings is 2. The van der Waals surface area contributed by atoms with Crippen molar-refractivity contribution in [2.45, 2.75) is 49.6 Å². The summed E-state index contributed by atoms with van der Waals surface area (Å²) in [5.74, 6) is -0.468. The molecule has 0 saturated heterocycles. The van der Waals surface area contributed by atoms with Crippen molar-refractivity contribution in [3.63, 3.8) is 0 Å². The number of sulfonamides is 1. The number of fused-ring (bicyclic) bond motifs is 3. The summed E-state index contributed by atoms with van der Waals surface area (Å²) in [6, 6.07) is 9.24. The minimum Gasteiger partial charge on any atom is -0.490 e. The van der Waals surface area contributed by atoms with Gasteiger partial charge in [0, 0.05) is 42.2 Å². The zero-order valence-electron chi connectivity index (χ0n) is 20.1. The Hall–Kier alpha value is -1.92. The summed E-state index contributed by atoms with van der Waals surface area (Å²) in [7, 11) is -3.44. The van der Waals surface area contributed by atoms with Gasteiger partial charge >= 0.3 is 15.5 Å². The van der Waals surface area contributed by atoms with E-state index in [-0.39, 0.29) is 31.1 Å². The van der Waals surface area contributed by atoms with Crippen LogP contribution in [0.2, 0.25) is 5.02 Å². The van der Waals surface area contributed by atoms with E-state index in [2.05, 4.69) is 0 Å². The highest BCUT2D eigenvalue weighted by Crippen LogP contribution is 2.53. The molecule has 1 aliphatic carbocycles. The highest BCUT2D eigenvalue weighted by Gasteiger charge is 2.49. The number of hydrogen-bond acceptors (Lipinski definition) is 5. The molecule has 0 spiro atoms. The summed E-state index contributed by atoms with van der Waals surface area (Å²) in [5, 5.41) is 14.6. The second-order valence-corrected chi connectivity index (χ2v) is 10.8. The van der Waals surface area contributed by atoms with E-state index in [4.69, 9.17) is 26.6 Å². The van der Waals surface area contributed by atoms with Crippen LogP contribution in [0.3, 0.4) is 0 Å². The Morgan fingerprint density at radius 1 is 1.03 bits per heavy atom. The molecule has 3 atom stereocenters. The monoisotopic (exact) mass is 555 g/mol. The molecule has 0 radical (unpaired) electrons. The Labute approximate surface area is 213 Å². The predicted octanol–water partition coefficient (Wildman–Crippen LogP) is 5.01. The van der Waals surface area contributed by atoms with Gasteiger partial charge < -0.3 is 14.9 Å². The van der Waals surface area contributed by atoms with Crippen molar-refractivity contribution in [2.75, 3.05) is 20.8 Å². The van der Waals surface area contributed by atoms with Crippen LogP contribution in [-0.2, 0) is 15.4 Å². The third-order valence-corrected chi connectivity index (χ3v) is 8.17. The molecule has 6 nitrogen and oxygen atoms in total. The fraction of sp³-hybridized carbons (Fsp3) is 0.500. The average molecular weight is 556 g/mol. The summed E-state index contributed by atoms with van der Waals surface area (Å²) in [4.78, 5) is 0. The maximum absolute atomic E-state index is 14.7. The van der Waals surface area contributed by atoms with Crippen molar-refractivity contribution in [3.8, 4) is 16.9 Å². The van der Waals surface area contributed by atoms with E-state index in [9.17, 15) is 26.0 Å². The van der Waals surface area contributed by atoms with Gasteiger partial charge in [-0.15, -0.1) is 0 Å². The SMILES string of the molecule is CO.CO.C[C@]12CC[C@H](NS(=O)(=O)C(F)(F)F)CCC1COc1c(F)ccc(-c3ccc(Cl)cc3)c12.